The maximum atomic E-state index is 11.4. The molecule has 17 heavy (non-hydrogen) atoms. The molecule has 1 amide bonds. The highest BCUT2D eigenvalue weighted by Gasteiger charge is 1.98. The van der Waals surface area contributed by atoms with Gasteiger partial charge in [-0.3, -0.25) is 4.79 Å². The molecular formula is C13H17N3O. The molecule has 0 radical (unpaired) electrons. The third kappa shape index (κ3) is 5.51. The number of nitrogens with two attached hydrogens (primary N) is 1. The quantitative estimate of drug-likeness (QED) is 0.471. The van der Waals surface area contributed by atoms with E-state index >= 15 is 0 Å². The van der Waals surface area contributed by atoms with Crippen LogP contribution in [0.4, 0.5) is 0 Å². The average Bonchev–Trinajstić information content (AvgIpc) is 2.26. The summed E-state index contributed by atoms with van der Waals surface area (Å²) in [6.07, 6.45) is 3.10. The third-order valence-electron chi connectivity index (χ3n) is 1.89. The van der Waals surface area contributed by atoms with Crippen molar-refractivity contribution < 1.29 is 4.79 Å². The van der Waals surface area contributed by atoms with Gasteiger partial charge in [0.15, 0.2) is 5.96 Å². The first-order valence-corrected chi connectivity index (χ1v) is 5.45. The van der Waals surface area contributed by atoms with Crippen LogP contribution in [-0.2, 0) is 4.79 Å². The van der Waals surface area contributed by atoms with E-state index in [1.54, 1.807) is 6.08 Å². The Morgan fingerprint density at radius 1 is 1.35 bits per heavy atom. The Hall–Kier alpha value is -2.10. The molecule has 4 nitrogen and oxygen atoms in total. The Morgan fingerprint density at radius 3 is 2.59 bits per heavy atom. The second kappa shape index (κ2) is 6.48. The fourth-order valence-corrected chi connectivity index (χ4v) is 1.22. The number of benzene rings is 1. The van der Waals surface area contributed by atoms with Gasteiger partial charge in [-0.15, -0.1) is 0 Å². The Morgan fingerprint density at radius 2 is 2.00 bits per heavy atom. The lowest BCUT2D eigenvalue weighted by atomic mass is 10.2. The van der Waals surface area contributed by atoms with E-state index in [4.69, 9.17) is 5.73 Å². The van der Waals surface area contributed by atoms with Crippen molar-refractivity contribution in [3.8, 4) is 0 Å². The Kier molecular flexibility index (Phi) is 4.94. The van der Waals surface area contributed by atoms with Crippen LogP contribution in [0.1, 0.15) is 19.4 Å². The molecule has 0 spiro atoms. The van der Waals surface area contributed by atoms with Crippen LogP contribution in [0.5, 0.6) is 0 Å². The zero-order valence-corrected chi connectivity index (χ0v) is 10.1. The third-order valence-corrected chi connectivity index (χ3v) is 1.89. The number of nitrogens with zero attached hydrogens (tertiary/aromatic N) is 1. The summed E-state index contributed by atoms with van der Waals surface area (Å²) in [6, 6.07) is 9.70. The number of hydrogen-bond acceptors (Lipinski definition) is 1. The molecule has 1 rings (SSSR count). The number of aliphatic imine (C=N–C) groups is 1. The van der Waals surface area contributed by atoms with Crippen molar-refractivity contribution in [2.75, 3.05) is 0 Å². The highest BCUT2D eigenvalue weighted by atomic mass is 16.1. The van der Waals surface area contributed by atoms with Crippen LogP contribution in [0.2, 0.25) is 0 Å². The minimum Gasteiger partial charge on any atom is -0.370 e. The zero-order chi connectivity index (χ0) is 12.7. The lowest BCUT2D eigenvalue weighted by Crippen LogP contribution is -2.37. The highest BCUT2D eigenvalue weighted by molar-refractivity contribution is 6.00. The molecule has 90 valence electrons. The number of amides is 1. The van der Waals surface area contributed by atoms with Gasteiger partial charge in [-0.05, 0) is 25.5 Å². The summed E-state index contributed by atoms with van der Waals surface area (Å²) in [5.74, 6) is -0.234. The maximum absolute atomic E-state index is 11.4. The van der Waals surface area contributed by atoms with Gasteiger partial charge in [0.1, 0.15) is 0 Å². The summed E-state index contributed by atoms with van der Waals surface area (Å²) in [5, 5.41) is 2.84. The smallest absolute Gasteiger partial charge is 0.272 e. The standard InChI is InChI=1S/C13H17N3O/c1-10(2)15-13(14)16-12(17)9-8-11-6-4-3-5-7-11/h3-10H,1-2H3,(H3,14,15,16,17)/b9-8+. The van der Waals surface area contributed by atoms with Crippen molar-refractivity contribution in [2.24, 2.45) is 10.7 Å². The van der Waals surface area contributed by atoms with Crippen molar-refractivity contribution in [1.29, 1.82) is 0 Å². The van der Waals surface area contributed by atoms with Crippen molar-refractivity contribution in [2.45, 2.75) is 19.9 Å². The number of carbonyl (C=O) groups is 1. The molecule has 0 fully saturated rings. The van der Waals surface area contributed by atoms with E-state index in [0.29, 0.717) is 0 Å². The lowest BCUT2D eigenvalue weighted by Gasteiger charge is -2.06. The molecule has 3 N–H and O–H groups in total. The Bertz CT molecular complexity index is 422. The number of guanidine groups is 1. The van der Waals surface area contributed by atoms with Gasteiger partial charge in [-0.25, -0.2) is 0 Å². The molecule has 0 bridgehead atoms. The van der Waals surface area contributed by atoms with Crippen LogP contribution >= 0.6 is 0 Å². The van der Waals surface area contributed by atoms with Gasteiger partial charge in [0.05, 0.1) is 0 Å². The first-order valence-electron chi connectivity index (χ1n) is 5.45. The van der Waals surface area contributed by atoms with E-state index in [0.717, 1.165) is 5.56 Å². The van der Waals surface area contributed by atoms with Crippen LogP contribution < -0.4 is 11.1 Å². The van der Waals surface area contributed by atoms with Crippen molar-refractivity contribution in [1.82, 2.24) is 5.32 Å². The summed E-state index contributed by atoms with van der Waals surface area (Å²) >= 11 is 0. The molecule has 0 atom stereocenters. The van der Waals surface area contributed by atoms with Crippen molar-refractivity contribution in [3.63, 3.8) is 0 Å². The Balaban J connectivity index is 2.58. The normalized spacial score (nSPS) is 12.1. The molecule has 0 aliphatic rings. The van der Waals surface area contributed by atoms with E-state index in [2.05, 4.69) is 10.3 Å². The molecule has 1 aromatic carbocycles. The van der Waals surface area contributed by atoms with E-state index in [-0.39, 0.29) is 17.9 Å². The molecule has 0 heterocycles. The monoisotopic (exact) mass is 231 g/mol. The fourth-order valence-electron chi connectivity index (χ4n) is 1.22. The highest BCUT2D eigenvalue weighted by Crippen LogP contribution is 2.00. The largest absolute Gasteiger partial charge is 0.370 e. The number of nitrogens with one attached hydrogen (secondary N) is 1. The van der Waals surface area contributed by atoms with Gasteiger partial charge in [0, 0.05) is 12.1 Å². The molecule has 0 saturated carbocycles. The number of rotatable bonds is 3. The summed E-state index contributed by atoms with van der Waals surface area (Å²) in [7, 11) is 0. The van der Waals surface area contributed by atoms with Gasteiger partial charge in [-0.2, -0.15) is 4.99 Å². The summed E-state index contributed by atoms with van der Waals surface area (Å²) in [5.41, 5.74) is 6.48. The predicted molar refractivity (Wildman–Crippen MR) is 70.4 cm³/mol. The van der Waals surface area contributed by atoms with E-state index in [1.807, 2.05) is 44.2 Å². The van der Waals surface area contributed by atoms with Gasteiger partial charge >= 0.3 is 0 Å². The van der Waals surface area contributed by atoms with E-state index in [9.17, 15) is 4.79 Å². The predicted octanol–water partition coefficient (Wildman–Crippen LogP) is 1.54. The molecule has 0 unspecified atom stereocenters. The first-order chi connectivity index (χ1) is 8.08. The number of carbonyl (C=O) groups excluding carboxylic acids is 1. The van der Waals surface area contributed by atoms with Crippen LogP contribution in [0.25, 0.3) is 6.08 Å². The van der Waals surface area contributed by atoms with Gasteiger partial charge in [0.25, 0.3) is 5.91 Å². The average molecular weight is 231 g/mol. The molecule has 0 saturated heterocycles. The molecule has 1 aromatic rings. The maximum Gasteiger partial charge on any atom is 0.272 e. The van der Waals surface area contributed by atoms with Crippen LogP contribution in [-0.4, -0.2) is 17.9 Å². The zero-order valence-electron chi connectivity index (χ0n) is 10.1. The first kappa shape index (κ1) is 13.0. The SMILES string of the molecule is CC(C)NC(N)=NC(=O)/C=C/c1ccccc1. The fraction of sp³-hybridized carbons (Fsp3) is 0.231. The minimum atomic E-state index is -0.375. The topological polar surface area (TPSA) is 67.5 Å². The summed E-state index contributed by atoms with van der Waals surface area (Å²) in [4.78, 5) is 15.1. The molecule has 0 aliphatic heterocycles. The molecular weight excluding hydrogens is 214 g/mol. The van der Waals surface area contributed by atoms with Crippen LogP contribution in [0, 0.1) is 0 Å². The lowest BCUT2D eigenvalue weighted by molar-refractivity contribution is -0.113. The summed E-state index contributed by atoms with van der Waals surface area (Å²) < 4.78 is 0. The van der Waals surface area contributed by atoms with Gasteiger partial charge < -0.3 is 11.1 Å². The molecule has 0 aliphatic carbocycles. The van der Waals surface area contributed by atoms with Crippen molar-refractivity contribution >= 4 is 17.9 Å². The second-order valence-electron chi connectivity index (χ2n) is 3.88. The number of hydrogen-bond donors (Lipinski definition) is 2. The van der Waals surface area contributed by atoms with Gasteiger partial charge in [0.2, 0.25) is 0 Å². The van der Waals surface area contributed by atoms with Gasteiger partial charge in [-0.1, -0.05) is 30.3 Å². The van der Waals surface area contributed by atoms with E-state index in [1.165, 1.54) is 6.08 Å². The van der Waals surface area contributed by atoms with E-state index < -0.39 is 0 Å². The molecule has 4 heteroatoms. The molecule has 0 aromatic heterocycles. The van der Waals surface area contributed by atoms with Crippen molar-refractivity contribution in [3.05, 3.63) is 42.0 Å². The van der Waals surface area contributed by atoms with Crippen LogP contribution in [0.15, 0.2) is 41.4 Å². The second-order valence-corrected chi connectivity index (χ2v) is 3.88. The van der Waals surface area contributed by atoms with Crippen LogP contribution in [0.3, 0.4) is 0 Å². The minimum absolute atomic E-state index is 0.141. The Labute approximate surface area is 101 Å². The summed E-state index contributed by atoms with van der Waals surface area (Å²) in [6.45, 7) is 3.85.